The third-order valence-corrected chi connectivity index (χ3v) is 3.51. The summed E-state index contributed by atoms with van der Waals surface area (Å²) < 4.78 is 10.5. The molecule has 1 unspecified atom stereocenters. The molecule has 1 saturated heterocycles. The van der Waals surface area contributed by atoms with Crippen molar-refractivity contribution in [3.8, 4) is 0 Å². The third-order valence-electron chi connectivity index (χ3n) is 3.51. The molecule has 0 spiro atoms. The summed E-state index contributed by atoms with van der Waals surface area (Å²) in [5, 5.41) is 0. The van der Waals surface area contributed by atoms with E-state index in [4.69, 9.17) is 9.15 Å². The van der Waals surface area contributed by atoms with Gasteiger partial charge in [0.1, 0.15) is 5.76 Å². The lowest BCUT2D eigenvalue weighted by Gasteiger charge is -2.26. The van der Waals surface area contributed by atoms with E-state index in [9.17, 15) is 4.79 Å². The highest BCUT2D eigenvalue weighted by Gasteiger charge is 2.45. The normalized spacial score (nSPS) is 34.9. The van der Waals surface area contributed by atoms with Crippen molar-refractivity contribution in [3.05, 3.63) is 23.7 Å². The van der Waals surface area contributed by atoms with Gasteiger partial charge in [0.05, 0.1) is 18.8 Å². The van der Waals surface area contributed by atoms with Gasteiger partial charge in [0, 0.05) is 11.8 Å². The van der Waals surface area contributed by atoms with E-state index < -0.39 is 0 Å². The average Bonchev–Trinajstić information content (AvgIpc) is 2.75. The molecule has 3 rings (SSSR count). The fourth-order valence-electron chi connectivity index (χ4n) is 2.65. The quantitative estimate of drug-likeness (QED) is 0.587. The monoisotopic (exact) mass is 192 g/mol. The second kappa shape index (κ2) is 2.62. The van der Waals surface area contributed by atoms with Crippen LogP contribution in [0.25, 0.3) is 0 Å². The molecule has 1 aliphatic carbocycles. The van der Waals surface area contributed by atoms with Crippen LogP contribution in [0.4, 0.5) is 0 Å². The number of esters is 1. The number of rotatable bonds is 0. The highest BCUT2D eigenvalue weighted by molar-refractivity contribution is 5.76. The number of ether oxygens (including phenoxy) is 1. The summed E-state index contributed by atoms with van der Waals surface area (Å²) in [7, 11) is 0. The fraction of sp³-hybridized carbons (Fsp3) is 0.545. The number of carbonyl (C=O) groups is 1. The Bertz CT molecular complexity index is 380. The van der Waals surface area contributed by atoms with E-state index in [2.05, 4.69) is 6.92 Å². The molecular weight excluding hydrogens is 180 g/mol. The zero-order valence-electron chi connectivity index (χ0n) is 8.03. The van der Waals surface area contributed by atoms with Crippen LogP contribution in [0.1, 0.15) is 24.2 Å². The molecule has 2 aliphatic rings. The van der Waals surface area contributed by atoms with Gasteiger partial charge in [0.2, 0.25) is 0 Å². The van der Waals surface area contributed by atoms with Crippen molar-refractivity contribution in [1.82, 2.24) is 0 Å². The molecule has 3 heteroatoms. The standard InChI is InChI=1S/C11H12O3/c1-6-9-5-14-11(12)8(9)4-7-2-3-13-10(6)7/h2-3,6,8-9H,4-5H2,1H3/t6?,8-,9+/m0/s1. The Labute approximate surface area is 82.0 Å². The van der Waals surface area contributed by atoms with E-state index in [1.165, 1.54) is 5.56 Å². The molecule has 1 aromatic rings. The highest BCUT2D eigenvalue weighted by Crippen LogP contribution is 2.43. The minimum atomic E-state index is -0.0336. The van der Waals surface area contributed by atoms with Crippen molar-refractivity contribution in [3.63, 3.8) is 0 Å². The second-order valence-corrected chi connectivity index (χ2v) is 4.20. The van der Waals surface area contributed by atoms with Gasteiger partial charge in [-0.05, 0) is 18.1 Å². The Morgan fingerprint density at radius 1 is 1.50 bits per heavy atom. The van der Waals surface area contributed by atoms with Gasteiger partial charge >= 0.3 is 5.97 Å². The largest absolute Gasteiger partial charge is 0.469 e. The molecule has 0 saturated carbocycles. The van der Waals surface area contributed by atoms with Gasteiger partial charge in [0.25, 0.3) is 0 Å². The highest BCUT2D eigenvalue weighted by atomic mass is 16.5. The third kappa shape index (κ3) is 0.897. The molecule has 3 atom stereocenters. The minimum Gasteiger partial charge on any atom is -0.469 e. The number of hydrogen-bond donors (Lipinski definition) is 0. The lowest BCUT2D eigenvalue weighted by atomic mass is 9.74. The molecule has 2 heterocycles. The van der Waals surface area contributed by atoms with E-state index in [1.807, 2.05) is 6.07 Å². The van der Waals surface area contributed by atoms with Gasteiger partial charge in [-0.25, -0.2) is 0 Å². The molecule has 0 N–H and O–H groups in total. The molecule has 0 radical (unpaired) electrons. The number of cyclic esters (lactones) is 1. The molecule has 1 aliphatic heterocycles. The van der Waals surface area contributed by atoms with E-state index in [1.54, 1.807) is 6.26 Å². The summed E-state index contributed by atoms with van der Waals surface area (Å²) in [5.41, 5.74) is 1.18. The second-order valence-electron chi connectivity index (χ2n) is 4.20. The van der Waals surface area contributed by atoms with Crippen LogP contribution in [-0.4, -0.2) is 12.6 Å². The van der Waals surface area contributed by atoms with E-state index in [-0.39, 0.29) is 11.9 Å². The van der Waals surface area contributed by atoms with Gasteiger partial charge in [-0.15, -0.1) is 0 Å². The van der Waals surface area contributed by atoms with Crippen LogP contribution in [-0.2, 0) is 16.0 Å². The van der Waals surface area contributed by atoms with Crippen LogP contribution in [0.5, 0.6) is 0 Å². The summed E-state index contributed by atoms with van der Waals surface area (Å²) in [6.45, 7) is 2.67. The van der Waals surface area contributed by atoms with E-state index in [0.29, 0.717) is 18.4 Å². The van der Waals surface area contributed by atoms with Crippen molar-refractivity contribution in [2.24, 2.45) is 11.8 Å². The smallest absolute Gasteiger partial charge is 0.309 e. The molecule has 0 amide bonds. The van der Waals surface area contributed by atoms with Crippen molar-refractivity contribution in [2.45, 2.75) is 19.3 Å². The van der Waals surface area contributed by atoms with E-state index >= 15 is 0 Å². The first-order chi connectivity index (χ1) is 6.77. The zero-order chi connectivity index (χ0) is 9.71. The Kier molecular flexibility index (Phi) is 1.52. The average molecular weight is 192 g/mol. The summed E-state index contributed by atoms with van der Waals surface area (Å²) in [6, 6.07) is 1.97. The molecule has 0 aromatic carbocycles. The molecule has 1 aromatic heterocycles. The van der Waals surface area contributed by atoms with Gasteiger partial charge in [-0.3, -0.25) is 4.79 Å². The number of furan rings is 1. The van der Waals surface area contributed by atoms with Crippen molar-refractivity contribution >= 4 is 5.97 Å². The Balaban J connectivity index is 2.04. The molecule has 1 fully saturated rings. The Morgan fingerprint density at radius 3 is 3.21 bits per heavy atom. The summed E-state index contributed by atoms with van der Waals surface area (Å²) in [5.74, 6) is 1.71. The zero-order valence-corrected chi connectivity index (χ0v) is 8.03. The van der Waals surface area contributed by atoms with Crippen LogP contribution >= 0.6 is 0 Å². The first-order valence-corrected chi connectivity index (χ1v) is 5.00. The van der Waals surface area contributed by atoms with Crippen molar-refractivity contribution in [2.75, 3.05) is 6.61 Å². The summed E-state index contributed by atoms with van der Waals surface area (Å²) >= 11 is 0. The van der Waals surface area contributed by atoms with Gasteiger partial charge in [-0.1, -0.05) is 6.92 Å². The maximum atomic E-state index is 11.4. The van der Waals surface area contributed by atoms with Crippen LogP contribution in [0, 0.1) is 11.8 Å². The molecule has 0 bridgehead atoms. The topological polar surface area (TPSA) is 39.4 Å². The fourth-order valence-corrected chi connectivity index (χ4v) is 2.65. The summed E-state index contributed by atoms with van der Waals surface area (Å²) in [6.07, 6.45) is 2.51. The number of hydrogen-bond acceptors (Lipinski definition) is 3. The van der Waals surface area contributed by atoms with Crippen LogP contribution in [0.3, 0.4) is 0 Å². The first kappa shape index (κ1) is 8.09. The SMILES string of the molecule is CC1c2occc2C[C@@H]2C(=O)OC[C@H]12. The van der Waals surface area contributed by atoms with Gasteiger partial charge in [-0.2, -0.15) is 0 Å². The van der Waals surface area contributed by atoms with Crippen molar-refractivity contribution in [1.29, 1.82) is 0 Å². The maximum absolute atomic E-state index is 11.4. The molecule has 3 nitrogen and oxygen atoms in total. The number of fused-ring (bicyclic) bond motifs is 2. The van der Waals surface area contributed by atoms with Gasteiger partial charge in [0.15, 0.2) is 0 Å². The molecule has 74 valence electrons. The van der Waals surface area contributed by atoms with Crippen LogP contribution in [0.2, 0.25) is 0 Å². The lowest BCUT2D eigenvalue weighted by molar-refractivity contribution is -0.141. The van der Waals surface area contributed by atoms with Crippen molar-refractivity contribution < 1.29 is 13.9 Å². The summed E-state index contributed by atoms with van der Waals surface area (Å²) in [4.78, 5) is 11.4. The van der Waals surface area contributed by atoms with Crippen LogP contribution < -0.4 is 0 Å². The van der Waals surface area contributed by atoms with Crippen LogP contribution in [0.15, 0.2) is 16.7 Å². The molecular formula is C11H12O3. The maximum Gasteiger partial charge on any atom is 0.309 e. The van der Waals surface area contributed by atoms with Gasteiger partial charge < -0.3 is 9.15 Å². The first-order valence-electron chi connectivity index (χ1n) is 5.00. The predicted octanol–water partition coefficient (Wildman–Crippen LogP) is 1.73. The molecule has 14 heavy (non-hydrogen) atoms. The lowest BCUT2D eigenvalue weighted by Crippen LogP contribution is -2.27. The predicted molar refractivity (Wildman–Crippen MR) is 48.8 cm³/mol. The minimum absolute atomic E-state index is 0.0336. The Hall–Kier alpha value is -1.25. The Morgan fingerprint density at radius 2 is 2.36 bits per heavy atom. The number of carbonyl (C=O) groups excluding carboxylic acids is 1. The van der Waals surface area contributed by atoms with E-state index in [0.717, 1.165) is 12.2 Å².